The van der Waals surface area contributed by atoms with E-state index in [-0.39, 0.29) is 12.5 Å². The van der Waals surface area contributed by atoms with Gasteiger partial charge < -0.3 is 40.3 Å². The second-order valence-electron chi connectivity index (χ2n) is 22.9. The Morgan fingerprint density at radius 1 is 0.438 bits per heavy atom. The summed E-state index contributed by atoms with van der Waals surface area (Å²) in [6, 6.07) is -0.732. The summed E-state index contributed by atoms with van der Waals surface area (Å²) in [4.78, 5) is 13.1. The van der Waals surface area contributed by atoms with E-state index < -0.39 is 49.5 Å². The van der Waals surface area contributed by atoms with Crippen molar-refractivity contribution in [3.8, 4) is 0 Å². The Balaban J connectivity index is 2.17. The van der Waals surface area contributed by atoms with Crippen molar-refractivity contribution < 1.29 is 39.8 Å². The molecule has 9 nitrogen and oxygen atoms in total. The number of nitrogens with one attached hydrogen (secondary N) is 1. The first-order valence-corrected chi connectivity index (χ1v) is 33.4. The third kappa shape index (κ3) is 47.6. The molecule has 0 aliphatic carbocycles. The van der Waals surface area contributed by atoms with E-state index in [1.54, 1.807) is 0 Å². The topological polar surface area (TPSA) is 149 Å². The highest BCUT2D eigenvalue weighted by atomic mass is 16.7. The van der Waals surface area contributed by atoms with E-state index >= 15 is 0 Å². The van der Waals surface area contributed by atoms with Gasteiger partial charge in [0, 0.05) is 6.42 Å². The first-order chi connectivity index (χ1) is 39.3. The predicted molar refractivity (Wildman–Crippen MR) is 341 cm³/mol. The number of hydrogen-bond acceptors (Lipinski definition) is 8. The molecule has 0 aromatic rings. The van der Waals surface area contributed by atoms with Gasteiger partial charge in [0.2, 0.25) is 5.91 Å². The fourth-order valence-electron chi connectivity index (χ4n) is 10.2. The lowest BCUT2D eigenvalue weighted by Crippen LogP contribution is -2.60. The van der Waals surface area contributed by atoms with E-state index in [0.717, 1.165) is 103 Å². The quantitative estimate of drug-likeness (QED) is 0.0261. The Labute approximate surface area is 492 Å². The molecule has 1 aliphatic rings. The van der Waals surface area contributed by atoms with Crippen LogP contribution in [0.15, 0.2) is 97.2 Å². The first-order valence-electron chi connectivity index (χ1n) is 33.4. The molecular weight excluding hydrogens is 995 g/mol. The van der Waals surface area contributed by atoms with Crippen LogP contribution in [0.25, 0.3) is 0 Å². The van der Waals surface area contributed by atoms with Gasteiger partial charge in [0.1, 0.15) is 24.4 Å². The number of amides is 1. The molecule has 0 bridgehead atoms. The number of carbonyl (C=O) groups is 1. The van der Waals surface area contributed by atoms with Gasteiger partial charge in [-0.2, -0.15) is 0 Å². The van der Waals surface area contributed by atoms with E-state index in [1.807, 2.05) is 0 Å². The zero-order valence-electron chi connectivity index (χ0n) is 51.6. The van der Waals surface area contributed by atoms with Crippen LogP contribution < -0.4 is 5.32 Å². The molecule has 462 valence electrons. The summed E-state index contributed by atoms with van der Waals surface area (Å²) < 4.78 is 11.4. The molecule has 0 aromatic heterocycles. The van der Waals surface area contributed by atoms with Crippen LogP contribution in [0.3, 0.4) is 0 Å². The van der Waals surface area contributed by atoms with Gasteiger partial charge in [-0.05, 0) is 77.0 Å². The molecule has 80 heavy (non-hydrogen) atoms. The molecule has 0 radical (unpaired) electrons. The Kier molecular flexibility index (Phi) is 55.7. The van der Waals surface area contributed by atoms with E-state index in [2.05, 4.69) is 116 Å². The van der Waals surface area contributed by atoms with Crippen molar-refractivity contribution in [3.05, 3.63) is 97.2 Å². The van der Waals surface area contributed by atoms with E-state index in [0.29, 0.717) is 12.8 Å². The molecule has 1 rings (SSSR count). The number of ether oxygens (including phenoxy) is 2. The fourth-order valence-corrected chi connectivity index (χ4v) is 10.2. The molecule has 1 amide bonds. The number of aliphatic hydroxyl groups excluding tert-OH is 5. The Morgan fingerprint density at radius 3 is 1.15 bits per heavy atom. The predicted octanol–water partition coefficient (Wildman–Crippen LogP) is 17.9. The van der Waals surface area contributed by atoms with Gasteiger partial charge >= 0.3 is 0 Å². The van der Waals surface area contributed by atoms with E-state index in [1.165, 1.54) is 161 Å². The SMILES string of the molecule is CC/C=C\C/C=C\C/C=C\C/C=C\C/C=C\C/C=C\C/C=C\C/C=C\CCCCCCCCCCC(=O)NC(COC1OC(CO)C(O)C(O)C1O)C(O)CCCCCCCCCCCCCCCCCCCCCCCCCC. The van der Waals surface area contributed by atoms with Crippen molar-refractivity contribution in [3.63, 3.8) is 0 Å². The number of rotatable bonds is 57. The summed E-state index contributed by atoms with van der Waals surface area (Å²) in [6.07, 6.45) is 78.8. The van der Waals surface area contributed by atoms with Crippen LogP contribution in [0.5, 0.6) is 0 Å². The molecule has 1 heterocycles. The molecule has 9 heteroatoms. The van der Waals surface area contributed by atoms with Gasteiger partial charge in [0.05, 0.1) is 25.4 Å². The highest BCUT2D eigenvalue weighted by Gasteiger charge is 2.44. The highest BCUT2D eigenvalue weighted by molar-refractivity contribution is 5.76. The van der Waals surface area contributed by atoms with Crippen molar-refractivity contribution in [1.29, 1.82) is 0 Å². The van der Waals surface area contributed by atoms with Gasteiger partial charge in [0.25, 0.3) is 0 Å². The van der Waals surface area contributed by atoms with Gasteiger partial charge in [-0.1, -0.05) is 304 Å². The molecule has 7 atom stereocenters. The fraction of sp³-hybridized carbons (Fsp3) is 0.761. The summed E-state index contributed by atoms with van der Waals surface area (Å²) in [5.74, 6) is -0.153. The van der Waals surface area contributed by atoms with Crippen LogP contribution in [-0.2, 0) is 14.3 Å². The summed E-state index contributed by atoms with van der Waals surface area (Å²) >= 11 is 0. The smallest absolute Gasteiger partial charge is 0.220 e. The van der Waals surface area contributed by atoms with Crippen molar-refractivity contribution in [2.24, 2.45) is 0 Å². The van der Waals surface area contributed by atoms with Crippen molar-refractivity contribution >= 4 is 5.91 Å². The van der Waals surface area contributed by atoms with Gasteiger partial charge in [0.15, 0.2) is 6.29 Å². The lowest BCUT2D eigenvalue weighted by atomic mass is 9.99. The lowest BCUT2D eigenvalue weighted by Gasteiger charge is -2.40. The molecule has 0 spiro atoms. The molecule has 1 aliphatic heterocycles. The normalized spacial score (nSPS) is 19.1. The van der Waals surface area contributed by atoms with Crippen LogP contribution >= 0.6 is 0 Å². The van der Waals surface area contributed by atoms with Gasteiger partial charge in [-0.3, -0.25) is 4.79 Å². The molecule has 6 N–H and O–H groups in total. The molecule has 1 fully saturated rings. The Morgan fingerprint density at radius 2 is 0.775 bits per heavy atom. The van der Waals surface area contributed by atoms with Gasteiger partial charge in [-0.15, -0.1) is 0 Å². The Bertz CT molecular complexity index is 1580. The van der Waals surface area contributed by atoms with Crippen LogP contribution in [0.4, 0.5) is 0 Å². The molecular formula is C71H125NO8. The Hall–Kier alpha value is -2.89. The zero-order valence-corrected chi connectivity index (χ0v) is 51.6. The summed E-state index contributed by atoms with van der Waals surface area (Å²) in [7, 11) is 0. The van der Waals surface area contributed by atoms with Crippen LogP contribution in [0.1, 0.15) is 290 Å². The molecule has 0 saturated carbocycles. The number of unbranched alkanes of at least 4 members (excludes halogenated alkanes) is 31. The van der Waals surface area contributed by atoms with Crippen LogP contribution in [0.2, 0.25) is 0 Å². The summed E-state index contributed by atoms with van der Waals surface area (Å²) in [6.45, 7) is 3.74. The minimum absolute atomic E-state index is 0.145. The molecule has 7 unspecified atom stereocenters. The van der Waals surface area contributed by atoms with Gasteiger partial charge in [-0.25, -0.2) is 0 Å². The van der Waals surface area contributed by atoms with Crippen molar-refractivity contribution in [2.75, 3.05) is 13.2 Å². The average Bonchev–Trinajstić information content (AvgIpc) is 3.46. The number of allylic oxidation sites excluding steroid dienone is 16. The standard InChI is InChI=1S/C71H125NO8/c1-3-5-7-9-11-13-15-17-19-21-23-25-27-29-30-31-32-33-34-35-36-37-39-41-43-45-47-49-51-53-55-57-59-61-67(75)72-64(63-79-71-70(78)69(77)68(76)66(62-73)80-71)65(74)60-58-56-54-52-50-48-46-44-42-40-38-28-26-24-22-20-18-16-14-12-10-8-6-4-2/h5,7,11,13,17,19,23,25,29-30,32-33,35-36,39,41,64-66,68-71,73-74,76-78H,3-4,6,8-10,12,14-16,18,20-22,24,26-28,31,34,37-38,40,42-63H2,1-2H3,(H,72,75)/b7-5-,13-11-,19-17-,25-23-,30-29-,33-32-,36-35-,41-39-. The monoisotopic (exact) mass is 1120 g/mol. The maximum absolute atomic E-state index is 13.1. The third-order valence-electron chi connectivity index (χ3n) is 15.5. The van der Waals surface area contributed by atoms with Crippen molar-refractivity contribution in [2.45, 2.75) is 333 Å². The highest BCUT2D eigenvalue weighted by Crippen LogP contribution is 2.23. The van der Waals surface area contributed by atoms with Crippen LogP contribution in [-0.4, -0.2) is 87.5 Å². The van der Waals surface area contributed by atoms with Crippen molar-refractivity contribution in [1.82, 2.24) is 5.32 Å². The second kappa shape index (κ2) is 59.3. The zero-order chi connectivity index (χ0) is 57.9. The molecule has 1 saturated heterocycles. The largest absolute Gasteiger partial charge is 0.394 e. The maximum atomic E-state index is 13.1. The number of hydrogen-bond donors (Lipinski definition) is 6. The average molecular weight is 1120 g/mol. The van der Waals surface area contributed by atoms with Crippen LogP contribution in [0, 0.1) is 0 Å². The minimum atomic E-state index is -1.56. The molecule has 0 aromatic carbocycles. The summed E-state index contributed by atoms with van der Waals surface area (Å²) in [5.41, 5.74) is 0. The number of carbonyl (C=O) groups excluding carboxylic acids is 1. The number of aliphatic hydroxyl groups is 5. The maximum Gasteiger partial charge on any atom is 0.220 e. The van der Waals surface area contributed by atoms with E-state index in [4.69, 9.17) is 9.47 Å². The summed E-state index contributed by atoms with van der Waals surface area (Å²) in [5, 5.41) is 54.9. The van der Waals surface area contributed by atoms with E-state index in [9.17, 15) is 30.3 Å². The lowest BCUT2D eigenvalue weighted by molar-refractivity contribution is -0.302. The first kappa shape index (κ1) is 75.1. The minimum Gasteiger partial charge on any atom is -0.394 e. The third-order valence-corrected chi connectivity index (χ3v) is 15.5. The second-order valence-corrected chi connectivity index (χ2v) is 22.9.